The van der Waals surface area contributed by atoms with Crippen LogP contribution >= 0.6 is 11.3 Å². The maximum Gasteiger partial charge on any atom is 0.315 e. The first-order valence-corrected chi connectivity index (χ1v) is 6.49. The van der Waals surface area contributed by atoms with Gasteiger partial charge in [-0.15, -0.1) is 16.4 Å². The molecular formula is C12H17N3OS. The smallest absolute Gasteiger partial charge is 0.315 e. The standard InChI is InChI=1S/C12H17N3OS/c1-12(2,3)7-10-14-15-11(16-10)13-8-9-5-4-6-17-9/h4-6H,7-8H2,1-3H3,(H,13,15). The highest BCUT2D eigenvalue weighted by atomic mass is 32.1. The number of thiophene rings is 1. The normalized spacial score (nSPS) is 11.7. The van der Waals surface area contributed by atoms with Gasteiger partial charge < -0.3 is 9.73 Å². The molecule has 1 N–H and O–H groups in total. The summed E-state index contributed by atoms with van der Waals surface area (Å²) in [6.45, 7) is 7.18. The first kappa shape index (κ1) is 12.1. The molecule has 0 aliphatic heterocycles. The van der Waals surface area contributed by atoms with E-state index in [1.165, 1.54) is 4.88 Å². The summed E-state index contributed by atoms with van der Waals surface area (Å²) in [7, 11) is 0. The molecule has 4 nitrogen and oxygen atoms in total. The molecule has 0 bridgehead atoms. The second kappa shape index (κ2) is 4.87. The molecule has 0 spiro atoms. The fourth-order valence-electron chi connectivity index (χ4n) is 1.43. The Labute approximate surface area is 105 Å². The van der Waals surface area contributed by atoms with E-state index in [1.54, 1.807) is 11.3 Å². The van der Waals surface area contributed by atoms with Crippen molar-refractivity contribution in [3.63, 3.8) is 0 Å². The Morgan fingerprint density at radius 1 is 1.35 bits per heavy atom. The maximum atomic E-state index is 5.53. The molecule has 0 atom stereocenters. The fourth-order valence-corrected chi connectivity index (χ4v) is 2.07. The number of nitrogens with one attached hydrogen (secondary N) is 1. The molecular weight excluding hydrogens is 234 g/mol. The predicted octanol–water partition coefficient (Wildman–Crippen LogP) is 3.33. The van der Waals surface area contributed by atoms with Crippen LogP contribution in [0.15, 0.2) is 21.9 Å². The van der Waals surface area contributed by atoms with Crippen molar-refractivity contribution < 1.29 is 4.42 Å². The molecule has 5 heteroatoms. The van der Waals surface area contributed by atoms with Crippen LogP contribution in [0.4, 0.5) is 6.01 Å². The van der Waals surface area contributed by atoms with Crippen molar-refractivity contribution in [2.75, 3.05) is 5.32 Å². The van der Waals surface area contributed by atoms with Crippen molar-refractivity contribution in [3.8, 4) is 0 Å². The van der Waals surface area contributed by atoms with E-state index in [0.717, 1.165) is 13.0 Å². The van der Waals surface area contributed by atoms with Gasteiger partial charge in [-0.05, 0) is 16.9 Å². The zero-order chi connectivity index (χ0) is 12.3. The van der Waals surface area contributed by atoms with E-state index in [-0.39, 0.29) is 5.41 Å². The Morgan fingerprint density at radius 3 is 2.82 bits per heavy atom. The monoisotopic (exact) mass is 251 g/mol. The molecule has 2 aromatic heterocycles. The lowest BCUT2D eigenvalue weighted by Crippen LogP contribution is -2.09. The third-order valence-corrected chi connectivity index (χ3v) is 3.02. The molecule has 0 aliphatic rings. The average molecular weight is 251 g/mol. The van der Waals surface area contributed by atoms with Crippen LogP contribution in [-0.4, -0.2) is 10.2 Å². The van der Waals surface area contributed by atoms with Crippen LogP contribution < -0.4 is 5.32 Å². The SMILES string of the molecule is CC(C)(C)Cc1nnc(NCc2cccs2)o1. The molecule has 92 valence electrons. The van der Waals surface area contributed by atoms with Crippen molar-refractivity contribution in [1.82, 2.24) is 10.2 Å². The van der Waals surface area contributed by atoms with Crippen molar-refractivity contribution >= 4 is 17.4 Å². The lowest BCUT2D eigenvalue weighted by Gasteiger charge is -2.14. The summed E-state index contributed by atoms with van der Waals surface area (Å²) in [5.41, 5.74) is 0.164. The average Bonchev–Trinajstić information content (AvgIpc) is 2.82. The summed E-state index contributed by atoms with van der Waals surface area (Å²) in [6, 6.07) is 4.60. The number of hydrogen-bond acceptors (Lipinski definition) is 5. The molecule has 0 radical (unpaired) electrons. The third-order valence-electron chi connectivity index (χ3n) is 2.14. The zero-order valence-electron chi connectivity index (χ0n) is 10.4. The van der Waals surface area contributed by atoms with Crippen LogP contribution in [0.2, 0.25) is 0 Å². The highest BCUT2D eigenvalue weighted by Gasteiger charge is 2.16. The van der Waals surface area contributed by atoms with Crippen LogP contribution in [0.1, 0.15) is 31.5 Å². The highest BCUT2D eigenvalue weighted by Crippen LogP contribution is 2.20. The van der Waals surface area contributed by atoms with E-state index in [9.17, 15) is 0 Å². The number of anilines is 1. The molecule has 0 unspecified atom stereocenters. The van der Waals surface area contributed by atoms with Crippen LogP contribution in [-0.2, 0) is 13.0 Å². The van der Waals surface area contributed by atoms with Gasteiger partial charge in [0.05, 0.1) is 6.54 Å². The molecule has 17 heavy (non-hydrogen) atoms. The Balaban J connectivity index is 1.90. The summed E-state index contributed by atoms with van der Waals surface area (Å²) in [5, 5.41) is 13.2. The van der Waals surface area contributed by atoms with Gasteiger partial charge in [0.25, 0.3) is 0 Å². The van der Waals surface area contributed by atoms with Crippen molar-refractivity contribution in [2.45, 2.75) is 33.7 Å². The first-order chi connectivity index (χ1) is 8.03. The summed E-state index contributed by atoms with van der Waals surface area (Å²) >= 11 is 1.71. The minimum absolute atomic E-state index is 0.164. The second-order valence-corrected chi connectivity index (χ2v) is 6.20. The van der Waals surface area contributed by atoms with Crippen LogP contribution in [0.3, 0.4) is 0 Å². The van der Waals surface area contributed by atoms with Gasteiger partial charge in [0.15, 0.2) is 0 Å². The number of hydrogen-bond donors (Lipinski definition) is 1. The van der Waals surface area contributed by atoms with Crippen molar-refractivity contribution in [3.05, 3.63) is 28.3 Å². The highest BCUT2D eigenvalue weighted by molar-refractivity contribution is 7.09. The van der Waals surface area contributed by atoms with Gasteiger partial charge in [-0.25, -0.2) is 0 Å². The molecule has 0 fully saturated rings. The molecule has 0 aliphatic carbocycles. The summed E-state index contributed by atoms with van der Waals surface area (Å²) in [5.74, 6) is 0.686. The van der Waals surface area contributed by atoms with Gasteiger partial charge in [-0.1, -0.05) is 31.9 Å². The van der Waals surface area contributed by atoms with Gasteiger partial charge in [-0.2, -0.15) is 0 Å². The van der Waals surface area contributed by atoms with Gasteiger partial charge in [-0.3, -0.25) is 0 Å². The number of rotatable bonds is 4. The Kier molecular flexibility index (Phi) is 3.47. The summed E-state index contributed by atoms with van der Waals surface area (Å²) in [4.78, 5) is 1.25. The minimum atomic E-state index is 0.164. The predicted molar refractivity (Wildman–Crippen MR) is 69.1 cm³/mol. The van der Waals surface area contributed by atoms with Crippen molar-refractivity contribution in [2.24, 2.45) is 5.41 Å². The Hall–Kier alpha value is -1.36. The van der Waals surface area contributed by atoms with E-state index < -0.39 is 0 Å². The van der Waals surface area contributed by atoms with Gasteiger partial charge in [0, 0.05) is 11.3 Å². The van der Waals surface area contributed by atoms with Crippen molar-refractivity contribution in [1.29, 1.82) is 0 Å². The topological polar surface area (TPSA) is 51.0 Å². The van der Waals surface area contributed by atoms with E-state index in [4.69, 9.17) is 4.42 Å². The second-order valence-electron chi connectivity index (χ2n) is 5.17. The van der Waals surface area contributed by atoms with Gasteiger partial charge in [0.1, 0.15) is 0 Å². The largest absolute Gasteiger partial charge is 0.408 e. The van der Waals surface area contributed by atoms with Gasteiger partial charge in [0.2, 0.25) is 5.89 Å². The fraction of sp³-hybridized carbons (Fsp3) is 0.500. The lowest BCUT2D eigenvalue weighted by atomic mass is 9.92. The molecule has 0 aromatic carbocycles. The Bertz CT molecular complexity index is 456. The first-order valence-electron chi connectivity index (χ1n) is 5.61. The molecule has 2 aromatic rings. The molecule has 2 rings (SSSR count). The van der Waals surface area contributed by atoms with E-state index >= 15 is 0 Å². The van der Waals surface area contributed by atoms with Crippen LogP contribution in [0.25, 0.3) is 0 Å². The quantitative estimate of drug-likeness (QED) is 0.905. The van der Waals surface area contributed by atoms with Crippen LogP contribution in [0, 0.1) is 5.41 Å². The molecule has 0 saturated carbocycles. The van der Waals surface area contributed by atoms with E-state index in [2.05, 4.69) is 47.7 Å². The number of aromatic nitrogens is 2. The summed E-state index contributed by atoms with van der Waals surface area (Å²) in [6.07, 6.45) is 0.792. The van der Waals surface area contributed by atoms with E-state index in [1.807, 2.05) is 6.07 Å². The van der Waals surface area contributed by atoms with Gasteiger partial charge >= 0.3 is 6.01 Å². The van der Waals surface area contributed by atoms with E-state index in [0.29, 0.717) is 11.9 Å². The molecule has 0 amide bonds. The number of nitrogens with zero attached hydrogens (tertiary/aromatic N) is 2. The molecule has 0 saturated heterocycles. The van der Waals surface area contributed by atoms with Crippen LogP contribution in [0.5, 0.6) is 0 Å². The minimum Gasteiger partial charge on any atom is -0.408 e. The third kappa shape index (κ3) is 3.85. The lowest BCUT2D eigenvalue weighted by molar-refractivity contribution is 0.357. The summed E-state index contributed by atoms with van der Waals surface area (Å²) < 4.78 is 5.53. The maximum absolute atomic E-state index is 5.53. The zero-order valence-corrected chi connectivity index (χ0v) is 11.2. The molecule has 2 heterocycles. The Morgan fingerprint density at radius 2 is 2.18 bits per heavy atom.